The van der Waals surface area contributed by atoms with Crippen molar-refractivity contribution in [2.75, 3.05) is 78.4 Å². The van der Waals surface area contributed by atoms with Crippen molar-refractivity contribution in [1.82, 2.24) is 9.80 Å². The number of hydrogen-bond acceptors (Lipinski definition) is 16. The van der Waals surface area contributed by atoms with Crippen molar-refractivity contribution in [2.24, 2.45) is 0 Å². The van der Waals surface area contributed by atoms with Crippen LogP contribution >= 0.6 is 0 Å². The molecule has 0 aromatic heterocycles. The molecule has 3 aromatic carbocycles. The zero-order valence-corrected chi connectivity index (χ0v) is 35.6. The Labute approximate surface area is 373 Å². The lowest BCUT2D eigenvalue weighted by atomic mass is 10.0. The van der Waals surface area contributed by atoms with Crippen LogP contribution in [0.1, 0.15) is 27.8 Å². The second kappa shape index (κ2) is 27.1. The van der Waals surface area contributed by atoms with E-state index in [2.05, 4.69) is 10.6 Å². The number of rotatable bonds is 23. The molecule has 64 heavy (non-hydrogen) atoms. The number of hydrogen-bond donors (Lipinski definition) is 2. The van der Waals surface area contributed by atoms with Crippen molar-refractivity contribution in [1.29, 1.82) is 0 Å². The van der Waals surface area contributed by atoms with Gasteiger partial charge in [-0.1, -0.05) is 24.3 Å². The predicted molar refractivity (Wildman–Crippen MR) is 234 cm³/mol. The number of amides is 3. The summed E-state index contributed by atoms with van der Waals surface area (Å²) < 4.78 is 41.5. The molecule has 0 bridgehead atoms. The summed E-state index contributed by atoms with van der Waals surface area (Å²) in [5.41, 5.74) is 3.79. The van der Waals surface area contributed by atoms with Crippen molar-refractivity contribution in [2.45, 2.75) is 19.8 Å². The molecule has 3 aromatic rings. The van der Waals surface area contributed by atoms with Crippen LogP contribution in [-0.4, -0.2) is 143 Å². The van der Waals surface area contributed by atoms with Crippen LogP contribution in [0.25, 0.3) is 12.2 Å². The monoisotopic (exact) mass is 878 g/mol. The van der Waals surface area contributed by atoms with Crippen LogP contribution < -0.4 is 15.4 Å². The third-order valence-electron chi connectivity index (χ3n) is 8.31. The molecule has 3 rings (SSSR count). The van der Waals surface area contributed by atoms with Gasteiger partial charge in [0.2, 0.25) is 41.1 Å². The molecule has 0 fully saturated rings. The smallest absolute Gasteiger partial charge is 0.415 e. The Kier molecular flexibility index (Phi) is 21.7. The molecule has 22 heteroatoms. The lowest BCUT2D eigenvalue weighted by molar-refractivity contribution is -0.127. The minimum absolute atomic E-state index is 0.0134. The number of nitrogens with zero attached hydrogens (tertiary/aromatic N) is 2. The molecule has 3 amide bonds. The summed E-state index contributed by atoms with van der Waals surface area (Å²) in [5.74, 6) is -3.07. The van der Waals surface area contributed by atoms with Gasteiger partial charge in [0.15, 0.2) is 0 Å². The highest BCUT2D eigenvalue weighted by atomic mass is 16.6. The number of nitrogens with one attached hydrogen (secondary N) is 2. The molecule has 2 N–H and O–H groups in total. The summed E-state index contributed by atoms with van der Waals surface area (Å²) in [6, 6.07) is 16.0. The minimum Gasteiger partial charge on any atom is -0.470 e. The fraction of sp³-hybridized carbons (Fsp3) is 0.310. The maximum absolute atomic E-state index is 13.3. The van der Waals surface area contributed by atoms with Crippen LogP contribution in [0.5, 0.6) is 5.75 Å². The average Bonchev–Trinajstić information content (AvgIpc) is 3.25. The van der Waals surface area contributed by atoms with E-state index in [1.54, 1.807) is 79.9 Å². The zero-order valence-electron chi connectivity index (χ0n) is 35.6. The van der Waals surface area contributed by atoms with Gasteiger partial charge < -0.3 is 47.7 Å². The number of carbonyl (C=O) groups is 7. The van der Waals surface area contributed by atoms with Crippen LogP contribution in [0.3, 0.4) is 0 Å². The van der Waals surface area contributed by atoms with E-state index in [0.717, 1.165) is 0 Å². The molecule has 0 aliphatic heterocycles. The number of likely N-dealkylation sites (N-methyl/N-ethyl adjacent to an activating group) is 2. The van der Waals surface area contributed by atoms with Gasteiger partial charge in [0.1, 0.15) is 45.4 Å². The Morgan fingerprint density at radius 1 is 0.609 bits per heavy atom. The lowest BCUT2D eigenvalue weighted by Gasteiger charge is -2.22. The highest BCUT2D eigenvalue weighted by molar-refractivity contribution is 6.55. The molecule has 19 nitrogen and oxygen atoms in total. The van der Waals surface area contributed by atoms with Gasteiger partial charge in [0.25, 0.3) is 6.47 Å². The number of benzene rings is 3. The van der Waals surface area contributed by atoms with E-state index in [1.165, 1.54) is 12.0 Å². The van der Waals surface area contributed by atoms with Gasteiger partial charge in [-0.25, -0.2) is 14.4 Å². The van der Waals surface area contributed by atoms with Crippen LogP contribution in [-0.2, 0) is 57.8 Å². The fourth-order valence-corrected chi connectivity index (χ4v) is 5.30. The lowest BCUT2D eigenvalue weighted by Crippen LogP contribution is -2.35. The van der Waals surface area contributed by atoms with Crippen LogP contribution in [0.4, 0.5) is 40.1 Å². The fourth-order valence-electron chi connectivity index (χ4n) is 5.30. The van der Waals surface area contributed by atoms with Gasteiger partial charge >= 0.3 is 18.3 Å². The largest absolute Gasteiger partial charge is 0.470 e. The second-order valence-corrected chi connectivity index (χ2v) is 13.8. The highest BCUT2D eigenvalue weighted by Crippen LogP contribution is 2.30. The molecule has 0 aliphatic rings. The Balaban J connectivity index is 1.81. The topological polar surface area (TPSA) is 224 Å². The summed E-state index contributed by atoms with van der Waals surface area (Å²) >= 11 is 0. The Morgan fingerprint density at radius 2 is 1.05 bits per heavy atom. The third kappa shape index (κ3) is 19.8. The number of ether oxygens (including phenoxy) is 8. The first-order valence-corrected chi connectivity index (χ1v) is 19.0. The van der Waals surface area contributed by atoms with Crippen molar-refractivity contribution >= 4 is 89.4 Å². The van der Waals surface area contributed by atoms with Gasteiger partial charge in [-0.15, -0.1) is 0 Å². The van der Waals surface area contributed by atoms with Crippen molar-refractivity contribution < 1.29 is 71.5 Å². The molecule has 0 heterocycles. The first-order valence-electron chi connectivity index (χ1n) is 19.0. The van der Waals surface area contributed by atoms with Crippen LogP contribution in [0, 0.1) is 0 Å². The van der Waals surface area contributed by atoms with Crippen molar-refractivity contribution in [3.05, 3.63) is 99.6 Å². The van der Waals surface area contributed by atoms with E-state index in [1.807, 2.05) is 19.0 Å². The maximum Gasteiger partial charge on any atom is 0.415 e. The summed E-state index contributed by atoms with van der Waals surface area (Å²) in [4.78, 5) is 86.6. The number of anilines is 2. The molecule has 0 saturated carbocycles. The Bertz CT molecular complexity index is 2130. The first kappa shape index (κ1) is 51.3. The Hall–Kier alpha value is -7.06. The predicted octanol–water partition coefficient (Wildman–Crippen LogP) is 5.18. The zero-order chi connectivity index (χ0) is 47.0. The molecule has 0 aliphatic carbocycles. The van der Waals surface area contributed by atoms with E-state index < -0.39 is 42.5 Å². The molecule has 332 valence electrons. The molecular formula is C42H45B3N4O15. The average molecular weight is 878 g/mol. The molecule has 0 atom stereocenters. The Morgan fingerprint density at radius 3 is 1.44 bits per heavy atom. The van der Waals surface area contributed by atoms with Crippen molar-refractivity contribution in [3.8, 4) is 5.75 Å². The summed E-state index contributed by atoms with van der Waals surface area (Å²) in [7, 11) is 21.9. The maximum atomic E-state index is 13.3. The third-order valence-corrected chi connectivity index (χ3v) is 8.31. The van der Waals surface area contributed by atoms with Gasteiger partial charge in [-0.3, -0.25) is 29.8 Å². The summed E-state index contributed by atoms with van der Waals surface area (Å²) in [5, 5.41) is 5.22. The highest BCUT2D eigenvalue weighted by Gasteiger charge is 2.21. The standard InChI is InChI=1S/C42H45B3N4O15/c1-48(2)13-14-49(3)42(56)64-36-32(24-62-40(54)46-34-9-5-27(6-10-34)15-30(20-58-26-50)21-59-37(43)51)17-29(19-57-4)18-33(36)25-63-41(55)47-35-11-7-28(8-12-35)16-31(22-60-38(44)52)23-61-39(45)53/h5-12,15-18,26H,13-14,19-25H2,1-4H3,(H,46,54)(H,47,55)/b30-15+. The van der Waals surface area contributed by atoms with E-state index >= 15 is 0 Å². The van der Waals surface area contributed by atoms with Crippen LogP contribution in [0.2, 0.25) is 0 Å². The molecule has 0 unspecified atom stereocenters. The number of carbonyl (C=O) groups excluding carboxylic acids is 7. The summed E-state index contributed by atoms with van der Waals surface area (Å²) in [6.45, 7) is -0.461. The molecule has 0 spiro atoms. The quantitative estimate of drug-likeness (QED) is 0.0712. The SMILES string of the molecule is [B]C(=O)OCC(=Cc1ccc(NC(=O)OCc2cc(COC)cc(COC(=O)Nc3ccc(/C=C(\COC=O)COC([B])=O)cc3)c2OC(=O)N(C)CCN(C)C)cc1)COC([B])=O. The van der Waals surface area contributed by atoms with Gasteiger partial charge in [-0.05, 0) is 79.3 Å². The minimum atomic E-state index is -1.03. The molecule has 6 radical (unpaired) electrons. The van der Waals surface area contributed by atoms with E-state index in [0.29, 0.717) is 52.3 Å². The van der Waals surface area contributed by atoms with Gasteiger partial charge in [-0.2, -0.15) is 0 Å². The normalized spacial score (nSPS) is 10.7. The van der Waals surface area contributed by atoms with Gasteiger partial charge in [0.05, 0.1) is 6.61 Å². The summed E-state index contributed by atoms with van der Waals surface area (Å²) in [6.07, 6.45) is 0.733. The van der Waals surface area contributed by atoms with Crippen LogP contribution in [0.15, 0.2) is 71.8 Å². The first-order chi connectivity index (χ1) is 30.5. The van der Waals surface area contributed by atoms with E-state index in [9.17, 15) is 33.6 Å². The number of methoxy groups -OCH3 is 1. The van der Waals surface area contributed by atoms with Gasteiger partial charge in [0, 0.05) is 60.9 Å². The van der Waals surface area contributed by atoms with E-state index in [-0.39, 0.29) is 63.0 Å². The molecule has 0 saturated heterocycles. The van der Waals surface area contributed by atoms with Crippen molar-refractivity contribution in [3.63, 3.8) is 0 Å². The second-order valence-electron chi connectivity index (χ2n) is 13.8. The van der Waals surface area contributed by atoms with E-state index in [4.69, 9.17) is 61.4 Å². The molecular weight excluding hydrogens is 833 g/mol.